The number of aryl methyl sites for hydroxylation is 1. The van der Waals surface area contributed by atoms with E-state index < -0.39 is 6.04 Å². The minimum atomic E-state index is -0.600. The maximum absolute atomic E-state index is 12.8. The molecule has 1 unspecified atom stereocenters. The molecule has 0 radical (unpaired) electrons. The number of nitrogens with zero attached hydrogens (tertiary/aromatic N) is 1. The summed E-state index contributed by atoms with van der Waals surface area (Å²) in [5.74, 6) is 0.204. The molecule has 2 aromatic rings. The van der Waals surface area contributed by atoms with Crippen LogP contribution >= 0.6 is 15.9 Å². The maximum Gasteiger partial charge on any atom is 0.261 e. The second kappa shape index (κ2) is 9.38. The Labute approximate surface area is 162 Å². The van der Waals surface area contributed by atoms with Crippen LogP contribution in [0.5, 0.6) is 5.75 Å². The predicted molar refractivity (Wildman–Crippen MR) is 105 cm³/mol. The molecule has 0 aliphatic carbocycles. The van der Waals surface area contributed by atoms with Crippen LogP contribution in [0.4, 0.5) is 0 Å². The third-order valence-electron chi connectivity index (χ3n) is 4.12. The van der Waals surface area contributed by atoms with Crippen LogP contribution in [0, 0.1) is 6.92 Å². The number of amides is 2. The van der Waals surface area contributed by atoms with E-state index in [-0.39, 0.29) is 18.4 Å². The third-order valence-corrected chi connectivity index (χ3v) is 4.65. The van der Waals surface area contributed by atoms with Crippen molar-refractivity contribution in [3.8, 4) is 5.75 Å². The van der Waals surface area contributed by atoms with E-state index in [1.165, 1.54) is 4.90 Å². The fraction of sp³-hybridized carbons (Fsp3) is 0.300. The molecule has 0 saturated carbocycles. The summed E-state index contributed by atoms with van der Waals surface area (Å²) in [4.78, 5) is 26.4. The fourth-order valence-corrected chi connectivity index (χ4v) is 2.78. The summed E-state index contributed by atoms with van der Waals surface area (Å²) in [6, 6.07) is 14.6. The van der Waals surface area contributed by atoms with Crippen molar-refractivity contribution >= 4 is 27.7 Å². The minimum Gasteiger partial charge on any atom is -0.484 e. The summed E-state index contributed by atoms with van der Waals surface area (Å²) in [6.45, 7) is 3.84. The van der Waals surface area contributed by atoms with Gasteiger partial charge in [-0.25, -0.2) is 0 Å². The number of nitrogens with one attached hydrogen (secondary N) is 1. The lowest BCUT2D eigenvalue weighted by atomic mass is 10.1. The van der Waals surface area contributed by atoms with Crippen LogP contribution in [0.15, 0.2) is 53.0 Å². The van der Waals surface area contributed by atoms with E-state index in [0.717, 1.165) is 15.6 Å². The average molecular weight is 419 g/mol. The van der Waals surface area contributed by atoms with E-state index in [0.29, 0.717) is 12.3 Å². The molecule has 0 bridgehead atoms. The van der Waals surface area contributed by atoms with Gasteiger partial charge in [0.25, 0.3) is 5.91 Å². The molecule has 138 valence electrons. The van der Waals surface area contributed by atoms with Crippen LogP contribution in [-0.2, 0) is 16.1 Å². The predicted octanol–water partition coefficient (Wildman–Crippen LogP) is 3.30. The van der Waals surface area contributed by atoms with E-state index in [1.54, 1.807) is 14.0 Å². The van der Waals surface area contributed by atoms with Crippen LogP contribution in [0.1, 0.15) is 18.1 Å². The highest BCUT2D eigenvalue weighted by molar-refractivity contribution is 9.10. The number of para-hydroxylation sites is 1. The molecular weight excluding hydrogens is 396 g/mol. The van der Waals surface area contributed by atoms with Gasteiger partial charge in [0, 0.05) is 18.1 Å². The fourth-order valence-electron chi connectivity index (χ4n) is 2.52. The van der Waals surface area contributed by atoms with Gasteiger partial charge in [0.15, 0.2) is 6.61 Å². The molecule has 6 heteroatoms. The number of ether oxygens (including phenoxy) is 1. The summed E-state index contributed by atoms with van der Waals surface area (Å²) in [6.07, 6.45) is 0. The van der Waals surface area contributed by atoms with Gasteiger partial charge in [-0.2, -0.15) is 0 Å². The Bertz CT molecular complexity index is 762. The summed E-state index contributed by atoms with van der Waals surface area (Å²) < 4.78 is 6.63. The zero-order valence-electron chi connectivity index (χ0n) is 15.2. The smallest absolute Gasteiger partial charge is 0.261 e. The van der Waals surface area contributed by atoms with Crippen LogP contribution in [0.25, 0.3) is 0 Å². The molecule has 0 aliphatic heterocycles. The molecule has 5 nitrogen and oxygen atoms in total. The second-order valence-electron chi connectivity index (χ2n) is 5.99. The van der Waals surface area contributed by atoms with Gasteiger partial charge >= 0.3 is 0 Å². The summed E-state index contributed by atoms with van der Waals surface area (Å²) in [5, 5.41) is 2.60. The molecule has 0 heterocycles. The van der Waals surface area contributed by atoms with Crippen LogP contribution in [0.3, 0.4) is 0 Å². The number of halogens is 1. The van der Waals surface area contributed by atoms with Gasteiger partial charge in [-0.1, -0.05) is 46.3 Å². The molecule has 1 atom stereocenters. The Morgan fingerprint density at radius 1 is 1.15 bits per heavy atom. The van der Waals surface area contributed by atoms with E-state index >= 15 is 0 Å². The molecule has 2 aromatic carbocycles. The van der Waals surface area contributed by atoms with E-state index in [4.69, 9.17) is 4.74 Å². The van der Waals surface area contributed by atoms with Crippen LogP contribution in [0.2, 0.25) is 0 Å². The zero-order chi connectivity index (χ0) is 19.1. The Morgan fingerprint density at radius 3 is 2.42 bits per heavy atom. The van der Waals surface area contributed by atoms with Gasteiger partial charge in [0.1, 0.15) is 11.8 Å². The highest BCUT2D eigenvalue weighted by atomic mass is 79.9. The summed E-state index contributed by atoms with van der Waals surface area (Å²) in [7, 11) is 1.56. The first-order valence-electron chi connectivity index (χ1n) is 8.36. The first kappa shape index (κ1) is 20.0. The third kappa shape index (κ3) is 5.33. The molecule has 0 saturated heterocycles. The lowest BCUT2D eigenvalue weighted by Crippen LogP contribution is -2.48. The van der Waals surface area contributed by atoms with E-state index in [2.05, 4.69) is 21.2 Å². The standard InChI is InChI=1S/C20H23BrN2O3/c1-14-6-4-5-7-18(14)26-13-19(24)23(15(2)20(25)22-3)12-16-8-10-17(21)11-9-16/h4-11,15H,12-13H2,1-3H3,(H,22,25). The number of hydrogen-bond acceptors (Lipinski definition) is 3. The van der Waals surface area contributed by atoms with Gasteiger partial charge in [-0.05, 0) is 43.2 Å². The van der Waals surface area contributed by atoms with Gasteiger partial charge in [-0.15, -0.1) is 0 Å². The molecule has 26 heavy (non-hydrogen) atoms. The molecule has 1 N–H and O–H groups in total. The van der Waals surface area contributed by atoms with Crippen molar-refractivity contribution in [1.29, 1.82) is 0 Å². The highest BCUT2D eigenvalue weighted by Crippen LogP contribution is 2.17. The Morgan fingerprint density at radius 2 is 1.81 bits per heavy atom. The van der Waals surface area contributed by atoms with Gasteiger partial charge < -0.3 is 15.0 Å². The number of rotatable bonds is 7. The van der Waals surface area contributed by atoms with Gasteiger partial charge in [0.05, 0.1) is 0 Å². The quantitative estimate of drug-likeness (QED) is 0.750. The highest BCUT2D eigenvalue weighted by Gasteiger charge is 2.25. The normalized spacial score (nSPS) is 11.5. The Kier molecular flexibility index (Phi) is 7.21. The van der Waals surface area contributed by atoms with Crippen molar-refractivity contribution in [1.82, 2.24) is 10.2 Å². The van der Waals surface area contributed by atoms with E-state index in [9.17, 15) is 9.59 Å². The largest absolute Gasteiger partial charge is 0.484 e. The molecule has 0 spiro atoms. The topological polar surface area (TPSA) is 58.6 Å². The Hall–Kier alpha value is -2.34. The lowest BCUT2D eigenvalue weighted by molar-refractivity contribution is -0.142. The van der Waals surface area contributed by atoms with Crippen molar-refractivity contribution in [2.45, 2.75) is 26.4 Å². The number of likely N-dealkylation sites (N-methyl/N-ethyl adjacent to an activating group) is 1. The number of carbonyl (C=O) groups excluding carboxylic acids is 2. The first-order valence-corrected chi connectivity index (χ1v) is 9.15. The van der Waals surface area contributed by atoms with Gasteiger partial charge in [0.2, 0.25) is 5.91 Å². The van der Waals surface area contributed by atoms with Crippen molar-refractivity contribution in [2.75, 3.05) is 13.7 Å². The van der Waals surface area contributed by atoms with Crippen molar-refractivity contribution in [3.63, 3.8) is 0 Å². The molecule has 0 fully saturated rings. The maximum atomic E-state index is 12.8. The van der Waals surface area contributed by atoms with Crippen molar-refractivity contribution < 1.29 is 14.3 Å². The zero-order valence-corrected chi connectivity index (χ0v) is 16.7. The number of carbonyl (C=O) groups is 2. The minimum absolute atomic E-state index is 0.122. The number of hydrogen-bond donors (Lipinski definition) is 1. The van der Waals surface area contributed by atoms with Crippen LogP contribution < -0.4 is 10.1 Å². The molecular formula is C20H23BrN2O3. The average Bonchev–Trinajstić information content (AvgIpc) is 2.65. The molecule has 2 amide bonds. The SMILES string of the molecule is CNC(=O)C(C)N(Cc1ccc(Br)cc1)C(=O)COc1ccccc1C. The Balaban J connectivity index is 2.13. The first-order chi connectivity index (χ1) is 12.4. The van der Waals surface area contributed by atoms with E-state index in [1.807, 2.05) is 55.5 Å². The van der Waals surface area contributed by atoms with Crippen molar-refractivity contribution in [2.24, 2.45) is 0 Å². The molecule has 0 aliphatic rings. The van der Waals surface area contributed by atoms with Crippen LogP contribution in [-0.4, -0.2) is 36.4 Å². The van der Waals surface area contributed by atoms with Crippen molar-refractivity contribution in [3.05, 3.63) is 64.1 Å². The molecule has 0 aromatic heterocycles. The summed E-state index contributed by atoms with van der Waals surface area (Å²) >= 11 is 3.40. The lowest BCUT2D eigenvalue weighted by Gasteiger charge is -2.28. The van der Waals surface area contributed by atoms with Gasteiger partial charge in [-0.3, -0.25) is 9.59 Å². The monoisotopic (exact) mass is 418 g/mol. The second-order valence-corrected chi connectivity index (χ2v) is 6.91. The molecule has 2 rings (SSSR count). The number of benzene rings is 2. The summed E-state index contributed by atoms with van der Waals surface area (Å²) in [5.41, 5.74) is 1.90.